The van der Waals surface area contributed by atoms with E-state index in [0.29, 0.717) is 30.7 Å². The van der Waals surface area contributed by atoms with Crippen molar-refractivity contribution in [2.45, 2.75) is 25.9 Å². The van der Waals surface area contributed by atoms with E-state index in [0.717, 1.165) is 5.82 Å². The molecule has 3 heterocycles. The fourth-order valence-corrected chi connectivity index (χ4v) is 2.75. The minimum absolute atomic E-state index is 0.108. The van der Waals surface area contributed by atoms with Crippen LogP contribution in [0.3, 0.4) is 0 Å². The number of hydrogen-bond acceptors (Lipinski definition) is 8. The van der Waals surface area contributed by atoms with Crippen LogP contribution >= 0.6 is 11.3 Å². The van der Waals surface area contributed by atoms with E-state index in [1.54, 1.807) is 5.51 Å². The molecule has 1 saturated heterocycles. The van der Waals surface area contributed by atoms with E-state index in [1.165, 1.54) is 11.3 Å². The molecule has 0 aliphatic carbocycles. The lowest BCUT2D eigenvalue weighted by Crippen LogP contribution is -2.42. The third-order valence-electron chi connectivity index (χ3n) is 3.47. The fourth-order valence-electron chi connectivity index (χ4n) is 2.29. The molecule has 23 heavy (non-hydrogen) atoms. The summed E-state index contributed by atoms with van der Waals surface area (Å²) in [6, 6.07) is 0. The number of anilines is 1. The lowest BCUT2D eigenvalue weighted by Gasteiger charge is -2.31. The molecular weight excluding hydrogens is 318 g/mol. The molecule has 1 unspecified atom stereocenters. The fraction of sp³-hybridized carbons (Fsp3) is 0.615. The predicted octanol–water partition coefficient (Wildman–Crippen LogP) is 0.792. The first kappa shape index (κ1) is 16.0. The van der Waals surface area contributed by atoms with Gasteiger partial charge in [-0.1, -0.05) is 25.2 Å². The molecule has 2 aromatic heterocycles. The Kier molecular flexibility index (Phi) is 4.94. The van der Waals surface area contributed by atoms with Crippen molar-refractivity contribution in [2.75, 3.05) is 31.6 Å². The van der Waals surface area contributed by atoms with Crippen LogP contribution in [0.25, 0.3) is 0 Å². The predicted molar refractivity (Wildman–Crippen MR) is 84.1 cm³/mol. The monoisotopic (exact) mass is 337 g/mol. The highest BCUT2D eigenvalue weighted by molar-refractivity contribution is 7.13. The summed E-state index contributed by atoms with van der Waals surface area (Å²) in [4.78, 5) is 18.5. The van der Waals surface area contributed by atoms with Gasteiger partial charge in [0, 0.05) is 19.0 Å². The van der Waals surface area contributed by atoms with Gasteiger partial charge in [-0.25, -0.2) is 4.98 Å². The molecule has 1 fully saturated rings. The van der Waals surface area contributed by atoms with Crippen LogP contribution in [0.1, 0.15) is 37.5 Å². The third kappa shape index (κ3) is 4.09. The van der Waals surface area contributed by atoms with Crippen LogP contribution in [0.5, 0.6) is 0 Å². The highest BCUT2D eigenvalue weighted by Gasteiger charge is 2.26. The minimum atomic E-state index is -0.196. The average Bonchev–Trinajstić information content (AvgIpc) is 3.18. The zero-order valence-electron chi connectivity index (χ0n) is 13.0. The number of hydrogen-bond donors (Lipinski definition) is 2. The number of carbonyl (C=O) groups excluding carboxylic acids is 1. The maximum atomic E-state index is 12.0. The summed E-state index contributed by atoms with van der Waals surface area (Å²) >= 11 is 1.30. The Bertz CT molecular complexity index is 643. The van der Waals surface area contributed by atoms with Crippen molar-refractivity contribution >= 4 is 22.4 Å². The van der Waals surface area contributed by atoms with Gasteiger partial charge in [-0.2, -0.15) is 5.10 Å². The molecule has 2 aromatic rings. The molecular formula is C13H19N7O2S. The highest BCUT2D eigenvalue weighted by Crippen LogP contribution is 2.20. The molecule has 1 aliphatic rings. The summed E-state index contributed by atoms with van der Waals surface area (Å²) in [6.07, 6.45) is -0.196. The summed E-state index contributed by atoms with van der Waals surface area (Å²) in [7, 11) is 0. The van der Waals surface area contributed by atoms with E-state index in [9.17, 15) is 4.79 Å². The van der Waals surface area contributed by atoms with Crippen molar-refractivity contribution in [3.8, 4) is 0 Å². The molecule has 9 nitrogen and oxygen atoms in total. The van der Waals surface area contributed by atoms with Crippen LogP contribution in [-0.2, 0) is 9.53 Å². The Balaban J connectivity index is 1.56. The van der Waals surface area contributed by atoms with Gasteiger partial charge in [-0.3, -0.25) is 20.1 Å². The second-order valence-electron chi connectivity index (χ2n) is 5.62. The molecule has 0 spiro atoms. The highest BCUT2D eigenvalue weighted by atomic mass is 32.1. The van der Waals surface area contributed by atoms with Gasteiger partial charge < -0.3 is 4.74 Å². The second kappa shape index (κ2) is 7.11. The smallest absolute Gasteiger partial charge is 0.240 e. The van der Waals surface area contributed by atoms with E-state index in [-0.39, 0.29) is 24.5 Å². The van der Waals surface area contributed by atoms with Gasteiger partial charge in [0.05, 0.1) is 13.2 Å². The average molecular weight is 337 g/mol. The largest absolute Gasteiger partial charge is 0.368 e. The van der Waals surface area contributed by atoms with Crippen molar-refractivity contribution in [3.05, 3.63) is 17.2 Å². The van der Waals surface area contributed by atoms with Crippen molar-refractivity contribution in [1.82, 2.24) is 30.3 Å². The Labute approximate surface area is 137 Å². The van der Waals surface area contributed by atoms with Gasteiger partial charge in [-0.15, -0.1) is 10.2 Å². The van der Waals surface area contributed by atoms with Crippen LogP contribution in [0.15, 0.2) is 5.51 Å². The van der Waals surface area contributed by atoms with Crippen LogP contribution < -0.4 is 5.32 Å². The number of carbonyl (C=O) groups is 1. The number of rotatable bonds is 5. The zero-order chi connectivity index (χ0) is 16.2. The lowest BCUT2D eigenvalue weighted by molar-refractivity contribution is -0.119. The second-order valence-corrected chi connectivity index (χ2v) is 6.45. The number of amides is 1. The molecule has 0 aromatic carbocycles. The molecule has 1 atom stereocenters. The van der Waals surface area contributed by atoms with Gasteiger partial charge >= 0.3 is 0 Å². The van der Waals surface area contributed by atoms with Gasteiger partial charge in [0.15, 0.2) is 11.6 Å². The molecule has 10 heteroatoms. The van der Waals surface area contributed by atoms with E-state index in [2.05, 4.69) is 30.7 Å². The van der Waals surface area contributed by atoms with Crippen LogP contribution in [0.4, 0.5) is 5.13 Å². The quantitative estimate of drug-likeness (QED) is 0.830. The first-order chi connectivity index (χ1) is 11.1. The normalized spacial score (nSPS) is 19.2. The topological polar surface area (TPSA) is 109 Å². The maximum Gasteiger partial charge on any atom is 0.240 e. The van der Waals surface area contributed by atoms with E-state index < -0.39 is 0 Å². The molecule has 1 amide bonds. The molecule has 124 valence electrons. The number of aromatic amines is 1. The van der Waals surface area contributed by atoms with Crippen molar-refractivity contribution in [3.63, 3.8) is 0 Å². The number of aromatic nitrogens is 5. The van der Waals surface area contributed by atoms with Gasteiger partial charge in [0.1, 0.15) is 11.6 Å². The van der Waals surface area contributed by atoms with Gasteiger partial charge in [-0.05, 0) is 0 Å². The van der Waals surface area contributed by atoms with E-state index >= 15 is 0 Å². The standard InChI is InChI=1S/C13H19N7O2S/c1-8(2)11-16-12(18-17-11)9-5-20(3-4-22-9)6-10(21)15-13-19-14-7-23-13/h7-9H,3-6H2,1-2H3,(H,15,19,21)(H,16,17,18). The number of morpholine rings is 1. The van der Waals surface area contributed by atoms with Gasteiger partial charge in [0.25, 0.3) is 0 Å². The zero-order valence-corrected chi connectivity index (χ0v) is 13.8. The van der Waals surface area contributed by atoms with Crippen molar-refractivity contribution in [2.24, 2.45) is 0 Å². The summed E-state index contributed by atoms with van der Waals surface area (Å²) < 4.78 is 5.75. The van der Waals surface area contributed by atoms with E-state index in [4.69, 9.17) is 4.74 Å². The molecule has 0 saturated carbocycles. The summed E-state index contributed by atoms with van der Waals surface area (Å²) in [6.45, 7) is 6.21. The molecule has 3 rings (SSSR count). The molecule has 1 aliphatic heterocycles. The van der Waals surface area contributed by atoms with E-state index in [1.807, 2.05) is 18.7 Å². The molecule has 0 radical (unpaired) electrons. The van der Waals surface area contributed by atoms with Gasteiger partial charge in [0.2, 0.25) is 11.0 Å². The first-order valence-electron chi connectivity index (χ1n) is 7.44. The SMILES string of the molecule is CC(C)c1n[nH]c(C2CN(CC(=O)Nc3nncs3)CCO2)n1. The first-order valence-corrected chi connectivity index (χ1v) is 8.32. The summed E-state index contributed by atoms with van der Waals surface area (Å²) in [5.74, 6) is 1.64. The number of nitrogens with one attached hydrogen (secondary N) is 2. The number of nitrogens with zero attached hydrogens (tertiary/aromatic N) is 5. The summed E-state index contributed by atoms with van der Waals surface area (Å²) in [5.41, 5.74) is 1.58. The van der Waals surface area contributed by atoms with Crippen molar-refractivity contribution in [1.29, 1.82) is 0 Å². The molecule has 2 N–H and O–H groups in total. The Morgan fingerprint density at radius 3 is 3.17 bits per heavy atom. The van der Waals surface area contributed by atoms with Crippen LogP contribution in [-0.4, -0.2) is 62.4 Å². The Morgan fingerprint density at radius 2 is 2.48 bits per heavy atom. The van der Waals surface area contributed by atoms with Crippen LogP contribution in [0, 0.1) is 0 Å². The number of ether oxygens (including phenoxy) is 1. The summed E-state index contributed by atoms with van der Waals surface area (Å²) in [5, 5.41) is 17.9. The van der Waals surface area contributed by atoms with Crippen LogP contribution in [0.2, 0.25) is 0 Å². The number of H-pyrrole nitrogens is 1. The minimum Gasteiger partial charge on any atom is -0.368 e. The molecule has 0 bridgehead atoms. The van der Waals surface area contributed by atoms with Crippen molar-refractivity contribution < 1.29 is 9.53 Å². The maximum absolute atomic E-state index is 12.0. The Morgan fingerprint density at radius 1 is 1.61 bits per heavy atom. The third-order valence-corrected chi connectivity index (χ3v) is 4.07. The Hall–Kier alpha value is -1.91. The lowest BCUT2D eigenvalue weighted by atomic mass is 10.2.